The highest BCUT2D eigenvalue weighted by molar-refractivity contribution is 8.18. The molecule has 30 heavy (non-hydrogen) atoms. The Kier molecular flexibility index (Phi) is 8.53. The van der Waals surface area contributed by atoms with Crippen LogP contribution in [0.5, 0.6) is 11.5 Å². The number of allylic oxidation sites excluding steroid dienone is 1. The van der Waals surface area contributed by atoms with Gasteiger partial charge in [0.15, 0.2) is 11.5 Å². The average molecular weight is 434 g/mol. The SMILES string of the molecule is C=CCc1cc(/C=C2/SC(=O)N([C@H](C)C(=O)OCC)C2=O)cc(OCC)c1OCC. The first kappa shape index (κ1) is 23.5. The second-order valence-corrected chi connectivity index (χ2v) is 7.34. The Hall–Kier alpha value is -2.74. The molecule has 8 heteroatoms. The molecule has 0 N–H and O–H groups in total. The molecule has 0 unspecified atom stereocenters. The molecule has 1 aromatic carbocycles. The number of carbonyl (C=O) groups is 3. The van der Waals surface area contributed by atoms with Crippen LogP contribution in [-0.2, 0) is 20.7 Å². The van der Waals surface area contributed by atoms with Crippen LogP contribution >= 0.6 is 11.8 Å². The van der Waals surface area contributed by atoms with E-state index < -0.39 is 23.2 Å². The first-order chi connectivity index (χ1) is 14.4. The molecule has 1 atom stereocenters. The summed E-state index contributed by atoms with van der Waals surface area (Å²) < 4.78 is 16.4. The lowest BCUT2D eigenvalue weighted by Gasteiger charge is -2.19. The topological polar surface area (TPSA) is 82.1 Å². The molecule has 1 heterocycles. The van der Waals surface area contributed by atoms with Gasteiger partial charge < -0.3 is 14.2 Å². The summed E-state index contributed by atoms with van der Waals surface area (Å²) in [5, 5.41) is -0.505. The number of hydrogen-bond donors (Lipinski definition) is 0. The summed E-state index contributed by atoms with van der Waals surface area (Å²) in [4.78, 5) is 38.3. The normalized spacial score (nSPS) is 16.0. The first-order valence-electron chi connectivity index (χ1n) is 9.84. The van der Waals surface area contributed by atoms with E-state index in [0.717, 1.165) is 22.2 Å². The lowest BCUT2D eigenvalue weighted by Crippen LogP contribution is -2.42. The summed E-state index contributed by atoms with van der Waals surface area (Å²) in [7, 11) is 0. The highest BCUT2D eigenvalue weighted by Gasteiger charge is 2.41. The Bertz CT molecular complexity index is 863. The molecule has 0 spiro atoms. The molecule has 1 aromatic rings. The molecular weight excluding hydrogens is 406 g/mol. The van der Waals surface area contributed by atoms with Gasteiger partial charge in [-0.15, -0.1) is 6.58 Å². The third-order valence-electron chi connectivity index (χ3n) is 4.24. The molecule has 1 aliphatic heterocycles. The van der Waals surface area contributed by atoms with Gasteiger partial charge >= 0.3 is 5.97 Å². The molecular formula is C22H27NO6S. The Morgan fingerprint density at radius 2 is 1.87 bits per heavy atom. The van der Waals surface area contributed by atoms with Gasteiger partial charge in [-0.25, -0.2) is 4.79 Å². The smallest absolute Gasteiger partial charge is 0.329 e. The van der Waals surface area contributed by atoms with Crippen molar-refractivity contribution in [1.29, 1.82) is 0 Å². The van der Waals surface area contributed by atoms with E-state index >= 15 is 0 Å². The van der Waals surface area contributed by atoms with Crippen molar-refractivity contribution in [2.75, 3.05) is 19.8 Å². The number of esters is 1. The molecule has 0 radical (unpaired) electrons. The number of amides is 2. The Morgan fingerprint density at radius 1 is 1.17 bits per heavy atom. The predicted octanol–water partition coefficient (Wildman–Crippen LogP) is 4.20. The van der Waals surface area contributed by atoms with Gasteiger partial charge in [-0.05, 0) is 69.6 Å². The number of carbonyl (C=O) groups excluding carboxylic acids is 3. The summed E-state index contributed by atoms with van der Waals surface area (Å²) in [6, 6.07) is 2.65. The Morgan fingerprint density at radius 3 is 2.47 bits per heavy atom. The number of imide groups is 1. The average Bonchev–Trinajstić information content (AvgIpc) is 2.97. The van der Waals surface area contributed by atoms with Crippen LogP contribution in [0.25, 0.3) is 6.08 Å². The number of nitrogens with zero attached hydrogens (tertiary/aromatic N) is 1. The highest BCUT2D eigenvalue weighted by atomic mass is 32.2. The van der Waals surface area contributed by atoms with Crippen LogP contribution in [0.2, 0.25) is 0 Å². The van der Waals surface area contributed by atoms with Gasteiger partial charge in [-0.1, -0.05) is 6.08 Å². The van der Waals surface area contributed by atoms with Crippen LogP contribution in [0.1, 0.15) is 38.8 Å². The number of benzene rings is 1. The standard InChI is InChI=1S/C22H27NO6S/c1-6-10-16-11-15(12-17(27-7-2)19(16)28-8-3)13-18-20(24)23(22(26)30-18)14(5)21(25)29-9-4/h6,11-14H,1,7-10H2,2-5H3/b18-13+/t14-/m1/s1. The van der Waals surface area contributed by atoms with E-state index in [0.29, 0.717) is 36.7 Å². The first-order valence-corrected chi connectivity index (χ1v) is 10.7. The van der Waals surface area contributed by atoms with Gasteiger partial charge in [0.25, 0.3) is 11.1 Å². The van der Waals surface area contributed by atoms with Crippen LogP contribution in [0.15, 0.2) is 29.7 Å². The zero-order chi connectivity index (χ0) is 22.3. The number of hydrogen-bond acceptors (Lipinski definition) is 7. The summed E-state index contributed by atoms with van der Waals surface area (Å²) in [5.74, 6) is 0.0567. The van der Waals surface area contributed by atoms with E-state index in [1.807, 2.05) is 19.9 Å². The maximum atomic E-state index is 12.8. The lowest BCUT2D eigenvalue weighted by molar-refractivity contribution is -0.150. The molecule has 1 fully saturated rings. The minimum atomic E-state index is -0.987. The minimum absolute atomic E-state index is 0.174. The molecule has 2 amide bonds. The van der Waals surface area contributed by atoms with E-state index in [9.17, 15) is 14.4 Å². The van der Waals surface area contributed by atoms with Crippen molar-refractivity contribution in [3.8, 4) is 11.5 Å². The maximum absolute atomic E-state index is 12.8. The zero-order valence-corrected chi connectivity index (χ0v) is 18.5. The number of ether oxygens (including phenoxy) is 3. The van der Waals surface area contributed by atoms with E-state index in [1.54, 1.807) is 25.1 Å². The van der Waals surface area contributed by atoms with Gasteiger partial charge in [-0.3, -0.25) is 14.5 Å². The maximum Gasteiger partial charge on any atom is 0.329 e. The van der Waals surface area contributed by atoms with Crippen molar-refractivity contribution in [2.45, 2.75) is 40.2 Å². The van der Waals surface area contributed by atoms with Crippen LogP contribution < -0.4 is 9.47 Å². The molecule has 0 saturated carbocycles. The molecule has 1 saturated heterocycles. The number of rotatable bonds is 10. The van der Waals surface area contributed by atoms with E-state index in [-0.39, 0.29) is 11.5 Å². The van der Waals surface area contributed by atoms with E-state index in [1.165, 1.54) is 6.92 Å². The van der Waals surface area contributed by atoms with Crippen molar-refractivity contribution < 1.29 is 28.6 Å². The third kappa shape index (κ3) is 5.24. The largest absolute Gasteiger partial charge is 0.490 e. The summed E-state index contributed by atoms with van der Waals surface area (Å²) in [5.41, 5.74) is 1.55. The Labute approximate surface area is 181 Å². The summed E-state index contributed by atoms with van der Waals surface area (Å²) in [6.45, 7) is 11.8. The van der Waals surface area contributed by atoms with Crippen molar-refractivity contribution in [3.05, 3.63) is 40.8 Å². The van der Waals surface area contributed by atoms with Gasteiger partial charge in [-0.2, -0.15) is 0 Å². The van der Waals surface area contributed by atoms with E-state index in [2.05, 4.69) is 6.58 Å². The molecule has 162 valence electrons. The Balaban J connectivity index is 2.42. The monoisotopic (exact) mass is 433 g/mol. The van der Waals surface area contributed by atoms with E-state index in [4.69, 9.17) is 14.2 Å². The van der Waals surface area contributed by atoms with Crippen LogP contribution in [0.4, 0.5) is 4.79 Å². The zero-order valence-electron chi connectivity index (χ0n) is 17.7. The molecule has 0 aliphatic carbocycles. The third-order valence-corrected chi connectivity index (χ3v) is 5.13. The van der Waals surface area contributed by atoms with Crippen LogP contribution in [0.3, 0.4) is 0 Å². The summed E-state index contributed by atoms with van der Waals surface area (Å²) in [6.07, 6.45) is 3.93. The van der Waals surface area contributed by atoms with Crippen molar-refractivity contribution >= 4 is 35.0 Å². The fourth-order valence-corrected chi connectivity index (χ4v) is 3.89. The number of thioether (sulfide) groups is 1. The summed E-state index contributed by atoms with van der Waals surface area (Å²) >= 11 is 0.792. The second kappa shape index (κ2) is 10.9. The van der Waals surface area contributed by atoms with Crippen molar-refractivity contribution in [3.63, 3.8) is 0 Å². The molecule has 0 aromatic heterocycles. The fourth-order valence-electron chi connectivity index (χ4n) is 2.98. The molecule has 1 aliphatic rings. The highest BCUT2D eigenvalue weighted by Crippen LogP contribution is 2.38. The van der Waals surface area contributed by atoms with Crippen LogP contribution in [0, 0.1) is 0 Å². The lowest BCUT2D eigenvalue weighted by atomic mass is 10.0. The van der Waals surface area contributed by atoms with Gasteiger partial charge in [0.05, 0.1) is 24.7 Å². The van der Waals surface area contributed by atoms with Crippen LogP contribution in [-0.4, -0.2) is 47.9 Å². The predicted molar refractivity (Wildman–Crippen MR) is 117 cm³/mol. The van der Waals surface area contributed by atoms with Crippen molar-refractivity contribution in [1.82, 2.24) is 4.90 Å². The van der Waals surface area contributed by atoms with Crippen molar-refractivity contribution in [2.24, 2.45) is 0 Å². The molecule has 0 bridgehead atoms. The minimum Gasteiger partial charge on any atom is -0.490 e. The fraction of sp³-hybridized carbons (Fsp3) is 0.409. The quantitative estimate of drug-likeness (QED) is 0.311. The van der Waals surface area contributed by atoms with Gasteiger partial charge in [0.1, 0.15) is 6.04 Å². The van der Waals surface area contributed by atoms with Gasteiger partial charge in [0.2, 0.25) is 0 Å². The van der Waals surface area contributed by atoms with Gasteiger partial charge in [0, 0.05) is 5.56 Å². The molecule has 2 rings (SSSR count). The molecule has 7 nitrogen and oxygen atoms in total. The second-order valence-electron chi connectivity index (χ2n) is 6.35.